The first-order valence-electron chi connectivity index (χ1n) is 6.61. The van der Waals surface area contributed by atoms with Crippen LogP contribution in [-0.4, -0.2) is 17.5 Å². The third kappa shape index (κ3) is 3.36. The zero-order chi connectivity index (χ0) is 13.9. The van der Waals surface area contributed by atoms with Gasteiger partial charge >= 0.3 is 0 Å². The molecule has 19 heavy (non-hydrogen) atoms. The van der Waals surface area contributed by atoms with Crippen molar-refractivity contribution in [2.24, 2.45) is 5.73 Å². The van der Waals surface area contributed by atoms with Gasteiger partial charge in [0, 0.05) is 24.8 Å². The van der Waals surface area contributed by atoms with Crippen LogP contribution < -0.4 is 5.73 Å². The molecular formula is C17H22N2. The molecule has 0 bridgehead atoms. The minimum atomic E-state index is -0.263. The first-order chi connectivity index (χ1) is 9.02. The lowest BCUT2D eigenvalue weighted by Crippen LogP contribution is -2.36. The summed E-state index contributed by atoms with van der Waals surface area (Å²) in [4.78, 5) is 2.25. The number of allylic oxidation sites excluding steroid dienone is 1. The topological polar surface area (TPSA) is 29.3 Å². The van der Waals surface area contributed by atoms with Crippen molar-refractivity contribution >= 4 is 0 Å². The van der Waals surface area contributed by atoms with E-state index in [1.54, 1.807) is 0 Å². The Kier molecular flexibility index (Phi) is 3.91. The molecule has 0 saturated carbocycles. The minimum Gasteiger partial charge on any atom is -0.370 e. The highest BCUT2D eigenvalue weighted by atomic mass is 15.1. The smallest absolute Gasteiger partial charge is 0.0426 e. The lowest BCUT2D eigenvalue weighted by Gasteiger charge is -2.31. The Morgan fingerprint density at radius 2 is 2.05 bits per heavy atom. The van der Waals surface area contributed by atoms with Crippen LogP contribution in [0.25, 0.3) is 0 Å². The van der Waals surface area contributed by atoms with Gasteiger partial charge in [0.25, 0.3) is 0 Å². The first kappa shape index (κ1) is 13.6. The van der Waals surface area contributed by atoms with E-state index in [1.165, 1.54) is 11.3 Å². The average molecular weight is 254 g/mol. The van der Waals surface area contributed by atoms with Crippen LogP contribution in [0, 0.1) is 0 Å². The third-order valence-electron chi connectivity index (χ3n) is 3.41. The Bertz CT molecular complexity index is 509. The largest absolute Gasteiger partial charge is 0.370 e. The molecule has 0 radical (unpaired) electrons. The number of nitrogens with two attached hydrogens (primary N) is 1. The SMILES string of the molecule is C=CC1=CC(C)(N)CC=C1N(C)Cc1ccccc1. The molecule has 0 amide bonds. The van der Waals surface area contributed by atoms with Gasteiger partial charge in [-0.1, -0.05) is 55.1 Å². The van der Waals surface area contributed by atoms with Gasteiger partial charge in [0.05, 0.1) is 0 Å². The van der Waals surface area contributed by atoms with Gasteiger partial charge in [0.1, 0.15) is 0 Å². The molecule has 2 heteroatoms. The summed E-state index contributed by atoms with van der Waals surface area (Å²) in [6.07, 6.45) is 7.06. The quantitative estimate of drug-likeness (QED) is 0.893. The molecule has 2 N–H and O–H groups in total. The second kappa shape index (κ2) is 5.45. The van der Waals surface area contributed by atoms with E-state index in [4.69, 9.17) is 5.73 Å². The Balaban J connectivity index is 2.16. The van der Waals surface area contributed by atoms with Crippen LogP contribution in [-0.2, 0) is 6.54 Å². The van der Waals surface area contributed by atoms with Gasteiger partial charge in [-0.25, -0.2) is 0 Å². The Labute approximate surface area is 115 Å². The third-order valence-corrected chi connectivity index (χ3v) is 3.41. The molecule has 1 aromatic rings. The summed E-state index contributed by atoms with van der Waals surface area (Å²) < 4.78 is 0. The predicted molar refractivity (Wildman–Crippen MR) is 81.5 cm³/mol. The molecule has 0 spiro atoms. The van der Waals surface area contributed by atoms with Gasteiger partial charge in [0.2, 0.25) is 0 Å². The van der Waals surface area contributed by atoms with Crippen LogP contribution in [0.3, 0.4) is 0 Å². The van der Waals surface area contributed by atoms with Gasteiger partial charge in [-0.3, -0.25) is 0 Å². The highest BCUT2D eigenvalue weighted by molar-refractivity contribution is 5.43. The molecule has 0 fully saturated rings. The van der Waals surface area contributed by atoms with Crippen LogP contribution >= 0.6 is 0 Å². The number of hydrogen-bond acceptors (Lipinski definition) is 2. The second-order valence-corrected chi connectivity index (χ2v) is 5.44. The van der Waals surface area contributed by atoms with Crippen LogP contribution in [0.15, 0.2) is 66.4 Å². The molecule has 0 saturated heterocycles. The molecule has 1 aromatic carbocycles. The summed E-state index contributed by atoms with van der Waals surface area (Å²) in [5.41, 5.74) is 9.54. The fourth-order valence-electron chi connectivity index (χ4n) is 2.40. The van der Waals surface area contributed by atoms with Crippen LogP contribution in [0.4, 0.5) is 0 Å². The highest BCUT2D eigenvalue weighted by Gasteiger charge is 2.22. The number of nitrogens with zero attached hydrogens (tertiary/aromatic N) is 1. The maximum absolute atomic E-state index is 6.17. The molecule has 0 heterocycles. The Hall–Kier alpha value is -1.80. The van der Waals surface area contributed by atoms with E-state index >= 15 is 0 Å². The summed E-state index contributed by atoms with van der Waals surface area (Å²) in [7, 11) is 2.11. The molecule has 1 atom stereocenters. The fraction of sp³-hybridized carbons (Fsp3) is 0.294. The van der Waals surface area contributed by atoms with Gasteiger partial charge in [-0.15, -0.1) is 0 Å². The van der Waals surface area contributed by atoms with Crippen molar-refractivity contribution in [2.45, 2.75) is 25.4 Å². The van der Waals surface area contributed by atoms with E-state index in [1.807, 2.05) is 19.1 Å². The molecular weight excluding hydrogens is 232 g/mol. The molecule has 0 aliphatic heterocycles. The van der Waals surface area contributed by atoms with E-state index in [2.05, 4.69) is 54.9 Å². The number of likely N-dealkylation sites (N-methyl/N-ethyl adjacent to an activating group) is 1. The normalized spacial score (nSPS) is 22.5. The average Bonchev–Trinajstić information content (AvgIpc) is 2.38. The van der Waals surface area contributed by atoms with Crippen LogP contribution in [0.2, 0.25) is 0 Å². The second-order valence-electron chi connectivity index (χ2n) is 5.44. The Morgan fingerprint density at radius 3 is 2.68 bits per heavy atom. The monoisotopic (exact) mass is 254 g/mol. The van der Waals surface area contributed by atoms with Gasteiger partial charge in [-0.2, -0.15) is 0 Å². The zero-order valence-corrected chi connectivity index (χ0v) is 11.8. The lowest BCUT2D eigenvalue weighted by molar-refractivity contribution is 0.409. The van der Waals surface area contributed by atoms with Crippen molar-refractivity contribution in [3.63, 3.8) is 0 Å². The predicted octanol–water partition coefficient (Wildman–Crippen LogP) is 3.24. The van der Waals surface area contributed by atoms with E-state index in [9.17, 15) is 0 Å². The van der Waals surface area contributed by atoms with Gasteiger partial charge in [0.15, 0.2) is 0 Å². The molecule has 1 aliphatic rings. The Morgan fingerprint density at radius 1 is 1.37 bits per heavy atom. The maximum Gasteiger partial charge on any atom is 0.0426 e. The number of rotatable bonds is 4. The van der Waals surface area contributed by atoms with Crippen molar-refractivity contribution in [2.75, 3.05) is 7.05 Å². The van der Waals surface area contributed by atoms with E-state index in [-0.39, 0.29) is 5.54 Å². The first-order valence-corrected chi connectivity index (χ1v) is 6.61. The molecule has 100 valence electrons. The zero-order valence-electron chi connectivity index (χ0n) is 11.8. The van der Waals surface area contributed by atoms with Crippen LogP contribution in [0.5, 0.6) is 0 Å². The van der Waals surface area contributed by atoms with Crippen molar-refractivity contribution in [1.29, 1.82) is 0 Å². The summed E-state index contributed by atoms with van der Waals surface area (Å²) in [6.45, 7) is 6.83. The van der Waals surface area contributed by atoms with E-state index in [0.717, 1.165) is 18.5 Å². The maximum atomic E-state index is 6.17. The summed E-state index contributed by atoms with van der Waals surface area (Å²) in [5.74, 6) is 0. The summed E-state index contributed by atoms with van der Waals surface area (Å²) in [6, 6.07) is 10.5. The lowest BCUT2D eigenvalue weighted by atomic mass is 9.88. The molecule has 1 unspecified atom stereocenters. The van der Waals surface area contributed by atoms with Gasteiger partial charge in [-0.05, 0) is 24.5 Å². The molecule has 2 rings (SSSR count). The van der Waals surface area contributed by atoms with Crippen molar-refractivity contribution in [3.8, 4) is 0 Å². The van der Waals surface area contributed by atoms with E-state index < -0.39 is 0 Å². The summed E-state index contributed by atoms with van der Waals surface area (Å²) in [5, 5.41) is 0. The summed E-state index contributed by atoms with van der Waals surface area (Å²) >= 11 is 0. The van der Waals surface area contributed by atoms with Crippen molar-refractivity contribution < 1.29 is 0 Å². The van der Waals surface area contributed by atoms with Crippen molar-refractivity contribution in [1.82, 2.24) is 4.90 Å². The molecule has 0 aromatic heterocycles. The van der Waals surface area contributed by atoms with Crippen LogP contribution in [0.1, 0.15) is 18.9 Å². The fourth-order valence-corrected chi connectivity index (χ4v) is 2.40. The van der Waals surface area contributed by atoms with Gasteiger partial charge < -0.3 is 10.6 Å². The standard InChI is InChI=1S/C17H22N2/c1-4-15-12-17(2,18)11-10-16(15)19(3)13-14-8-6-5-7-9-14/h4-10,12H,1,11,13,18H2,2-3H3. The molecule has 1 aliphatic carbocycles. The van der Waals surface area contributed by atoms with Crippen molar-refractivity contribution in [3.05, 3.63) is 72.0 Å². The number of hydrogen-bond donors (Lipinski definition) is 1. The number of benzene rings is 1. The van der Waals surface area contributed by atoms with E-state index in [0.29, 0.717) is 0 Å². The minimum absolute atomic E-state index is 0.263. The highest BCUT2D eigenvalue weighted by Crippen LogP contribution is 2.27. The molecule has 2 nitrogen and oxygen atoms in total.